The molecule has 6 nitrogen and oxygen atoms in total. The molecule has 1 aromatic carbocycles. The minimum absolute atomic E-state index is 0.128. The van der Waals surface area contributed by atoms with Gasteiger partial charge in [-0.25, -0.2) is 0 Å². The third kappa shape index (κ3) is 4.24. The first-order valence-corrected chi connectivity index (χ1v) is 11.2. The summed E-state index contributed by atoms with van der Waals surface area (Å²) in [5.41, 5.74) is 0. The zero-order valence-electron chi connectivity index (χ0n) is 16.2. The molecule has 1 N–H and O–H groups in total. The molecule has 1 aliphatic carbocycles. The molecule has 1 aliphatic heterocycles. The molecule has 1 fully saturated rings. The molecule has 0 spiro atoms. The van der Waals surface area contributed by atoms with Gasteiger partial charge in [0.25, 0.3) is 5.91 Å². The van der Waals surface area contributed by atoms with Crippen molar-refractivity contribution in [2.75, 3.05) is 0 Å². The van der Waals surface area contributed by atoms with Crippen LogP contribution in [0.3, 0.4) is 0 Å². The second kappa shape index (κ2) is 8.06. The van der Waals surface area contributed by atoms with Crippen molar-refractivity contribution in [2.24, 2.45) is 0 Å². The number of aromatic nitrogens is 3. The Labute approximate surface area is 174 Å². The van der Waals surface area contributed by atoms with Gasteiger partial charge in [-0.3, -0.25) is 4.79 Å². The van der Waals surface area contributed by atoms with Crippen LogP contribution in [-0.2, 0) is 18.7 Å². The number of hydrogen-bond acceptors (Lipinski definition) is 5. The zero-order valence-corrected chi connectivity index (χ0v) is 17.0. The van der Waals surface area contributed by atoms with Crippen LogP contribution in [-0.4, -0.2) is 26.7 Å². The van der Waals surface area contributed by atoms with E-state index in [9.17, 15) is 4.79 Å². The van der Waals surface area contributed by atoms with Crippen LogP contribution in [0.1, 0.15) is 59.6 Å². The number of carbonyl (C=O) groups excluding carboxylic acids is 1. The summed E-state index contributed by atoms with van der Waals surface area (Å²) in [6.45, 7) is 0.871. The molecule has 150 valence electrons. The Morgan fingerprint density at radius 1 is 1.10 bits per heavy atom. The topological polar surface area (TPSA) is 73.0 Å². The molecule has 5 rings (SSSR count). The molecule has 2 aromatic heterocycles. The standard InChI is InChI=1S/C22H24N4O2S/c27-22(19-10-9-17(28-19)14-29-18-4-2-1-3-5-18)23-16-8-11-20-24-25-21(15-6-7-15)26(20)13-12-16/h1-5,9-10,15-16H,6-8,11-14H2,(H,23,27). The molecule has 7 heteroatoms. The number of aryl methyl sites for hydroxylation is 1. The molecule has 0 saturated heterocycles. The fraction of sp³-hybridized carbons (Fsp3) is 0.409. The molecule has 1 atom stereocenters. The minimum atomic E-state index is -0.133. The van der Waals surface area contributed by atoms with Gasteiger partial charge in [0.15, 0.2) is 5.76 Å². The van der Waals surface area contributed by atoms with Crippen LogP contribution in [0.15, 0.2) is 51.8 Å². The number of rotatable bonds is 6. The Morgan fingerprint density at radius 3 is 2.79 bits per heavy atom. The maximum atomic E-state index is 12.7. The van der Waals surface area contributed by atoms with Crippen molar-refractivity contribution in [1.29, 1.82) is 0 Å². The lowest BCUT2D eigenvalue weighted by Gasteiger charge is -2.15. The Balaban J connectivity index is 1.16. The quantitative estimate of drug-likeness (QED) is 0.620. The molecular weight excluding hydrogens is 384 g/mol. The van der Waals surface area contributed by atoms with Gasteiger partial charge in [0.1, 0.15) is 17.4 Å². The predicted molar refractivity (Wildman–Crippen MR) is 111 cm³/mol. The summed E-state index contributed by atoms with van der Waals surface area (Å²) in [5.74, 6) is 4.56. The van der Waals surface area contributed by atoms with Crippen LogP contribution in [0.4, 0.5) is 0 Å². The zero-order chi connectivity index (χ0) is 19.6. The summed E-state index contributed by atoms with van der Waals surface area (Å²) in [6.07, 6.45) is 5.07. The SMILES string of the molecule is O=C(NC1CCc2nnc(C3CC3)n2CC1)c1ccc(CSc2ccccc2)o1. The first-order chi connectivity index (χ1) is 14.3. The van der Waals surface area contributed by atoms with E-state index in [1.165, 1.54) is 17.7 Å². The van der Waals surface area contributed by atoms with Gasteiger partial charge in [-0.1, -0.05) is 18.2 Å². The largest absolute Gasteiger partial charge is 0.455 e. The van der Waals surface area contributed by atoms with Gasteiger partial charge in [0, 0.05) is 29.8 Å². The molecule has 29 heavy (non-hydrogen) atoms. The van der Waals surface area contributed by atoms with Gasteiger partial charge >= 0.3 is 0 Å². The molecule has 0 bridgehead atoms. The van der Waals surface area contributed by atoms with Gasteiger partial charge in [0.2, 0.25) is 0 Å². The highest BCUT2D eigenvalue weighted by Gasteiger charge is 2.31. The smallest absolute Gasteiger partial charge is 0.287 e. The highest BCUT2D eigenvalue weighted by molar-refractivity contribution is 7.98. The average molecular weight is 409 g/mol. The third-order valence-electron chi connectivity index (χ3n) is 5.56. The van der Waals surface area contributed by atoms with Crippen molar-refractivity contribution < 1.29 is 9.21 Å². The number of thioether (sulfide) groups is 1. The van der Waals surface area contributed by atoms with Crippen LogP contribution in [0.25, 0.3) is 0 Å². The van der Waals surface area contributed by atoms with Gasteiger partial charge in [-0.2, -0.15) is 0 Å². The van der Waals surface area contributed by atoms with Crippen LogP contribution < -0.4 is 5.32 Å². The van der Waals surface area contributed by atoms with Crippen molar-refractivity contribution in [1.82, 2.24) is 20.1 Å². The Hall–Kier alpha value is -2.54. The minimum Gasteiger partial charge on any atom is -0.455 e. The normalized spacial score (nSPS) is 18.8. The van der Waals surface area contributed by atoms with Crippen molar-refractivity contribution >= 4 is 17.7 Å². The molecule has 1 saturated carbocycles. The molecular formula is C22H24N4O2S. The lowest BCUT2D eigenvalue weighted by atomic mass is 10.1. The van der Waals surface area contributed by atoms with Crippen molar-refractivity contribution in [3.63, 3.8) is 0 Å². The molecule has 2 aliphatic rings. The fourth-order valence-electron chi connectivity index (χ4n) is 3.80. The first-order valence-electron chi connectivity index (χ1n) is 10.3. The Morgan fingerprint density at radius 2 is 1.97 bits per heavy atom. The Bertz CT molecular complexity index is 993. The predicted octanol–water partition coefficient (Wildman–Crippen LogP) is 4.18. The highest BCUT2D eigenvalue weighted by Crippen LogP contribution is 2.39. The van der Waals surface area contributed by atoms with E-state index in [0.717, 1.165) is 43.2 Å². The maximum Gasteiger partial charge on any atom is 0.287 e. The number of hydrogen-bond donors (Lipinski definition) is 1. The van der Waals surface area contributed by atoms with Gasteiger partial charge < -0.3 is 14.3 Å². The van der Waals surface area contributed by atoms with Crippen LogP contribution >= 0.6 is 11.8 Å². The number of amides is 1. The second-order valence-electron chi connectivity index (χ2n) is 7.77. The van der Waals surface area contributed by atoms with E-state index in [2.05, 4.69) is 32.2 Å². The lowest BCUT2D eigenvalue weighted by molar-refractivity contribution is 0.0903. The molecule has 1 amide bonds. The molecule has 1 unspecified atom stereocenters. The van der Waals surface area contributed by atoms with Crippen molar-refractivity contribution in [2.45, 2.75) is 61.3 Å². The van der Waals surface area contributed by atoms with Gasteiger partial charge in [0.05, 0.1) is 5.75 Å². The summed E-state index contributed by atoms with van der Waals surface area (Å²) in [5, 5.41) is 11.9. The van der Waals surface area contributed by atoms with Crippen LogP contribution in [0.5, 0.6) is 0 Å². The fourth-order valence-corrected chi connectivity index (χ4v) is 4.62. The number of nitrogens with zero attached hydrogens (tertiary/aromatic N) is 3. The van der Waals surface area contributed by atoms with E-state index in [-0.39, 0.29) is 11.9 Å². The number of benzene rings is 1. The molecule has 3 aromatic rings. The maximum absolute atomic E-state index is 12.7. The average Bonchev–Trinajstić information content (AvgIpc) is 3.39. The summed E-state index contributed by atoms with van der Waals surface area (Å²) in [6, 6.07) is 14.0. The summed E-state index contributed by atoms with van der Waals surface area (Å²) in [7, 11) is 0. The molecule has 0 radical (unpaired) electrons. The van der Waals surface area contributed by atoms with E-state index < -0.39 is 0 Å². The van der Waals surface area contributed by atoms with E-state index in [1.54, 1.807) is 17.8 Å². The van der Waals surface area contributed by atoms with E-state index in [4.69, 9.17) is 4.42 Å². The second-order valence-corrected chi connectivity index (χ2v) is 8.81. The molecule has 3 heterocycles. The number of fused-ring (bicyclic) bond motifs is 1. The lowest BCUT2D eigenvalue weighted by Crippen LogP contribution is -2.35. The summed E-state index contributed by atoms with van der Waals surface area (Å²) >= 11 is 1.70. The summed E-state index contributed by atoms with van der Waals surface area (Å²) in [4.78, 5) is 13.8. The highest BCUT2D eigenvalue weighted by atomic mass is 32.2. The monoisotopic (exact) mass is 408 g/mol. The number of nitrogens with one attached hydrogen (secondary N) is 1. The summed E-state index contributed by atoms with van der Waals surface area (Å²) < 4.78 is 8.06. The van der Waals surface area contributed by atoms with E-state index >= 15 is 0 Å². The van der Waals surface area contributed by atoms with Gasteiger partial charge in [-0.15, -0.1) is 22.0 Å². The first kappa shape index (κ1) is 18.5. The van der Waals surface area contributed by atoms with Crippen molar-refractivity contribution in [3.05, 3.63) is 65.6 Å². The van der Waals surface area contributed by atoms with Crippen LogP contribution in [0, 0.1) is 0 Å². The van der Waals surface area contributed by atoms with Crippen molar-refractivity contribution in [3.8, 4) is 0 Å². The van der Waals surface area contributed by atoms with Gasteiger partial charge in [-0.05, 0) is 49.9 Å². The van der Waals surface area contributed by atoms with E-state index in [0.29, 0.717) is 17.4 Å². The number of carbonyl (C=O) groups is 1. The van der Waals surface area contributed by atoms with E-state index in [1.807, 2.05) is 24.3 Å². The third-order valence-corrected chi connectivity index (χ3v) is 6.60. The van der Waals surface area contributed by atoms with Crippen LogP contribution in [0.2, 0.25) is 0 Å². The Kier molecular flexibility index (Phi) is 5.14. The number of furan rings is 1.